The van der Waals surface area contributed by atoms with Crippen LogP contribution in [-0.2, 0) is 9.84 Å². The van der Waals surface area contributed by atoms with Crippen LogP contribution in [0.5, 0.6) is 0 Å². The van der Waals surface area contributed by atoms with Gasteiger partial charge in [0.05, 0.1) is 17.2 Å². The van der Waals surface area contributed by atoms with Crippen molar-refractivity contribution in [2.24, 2.45) is 0 Å². The van der Waals surface area contributed by atoms with Crippen molar-refractivity contribution in [3.63, 3.8) is 0 Å². The number of hydrogen-bond acceptors (Lipinski definition) is 4. The van der Waals surface area contributed by atoms with Gasteiger partial charge < -0.3 is 10.4 Å². The molecule has 0 aromatic heterocycles. The zero-order valence-corrected chi connectivity index (χ0v) is 9.46. The first-order valence-corrected chi connectivity index (χ1v) is 6.42. The first kappa shape index (κ1) is 11.3. The summed E-state index contributed by atoms with van der Waals surface area (Å²) in [6.07, 6.45) is 0. The zero-order chi connectivity index (χ0) is 11.9. The molecule has 2 unspecified atom stereocenters. The van der Waals surface area contributed by atoms with Crippen LogP contribution in [0.25, 0.3) is 0 Å². The highest BCUT2D eigenvalue weighted by Gasteiger charge is 2.38. The minimum atomic E-state index is -3.58. The minimum absolute atomic E-state index is 0.0473. The van der Waals surface area contributed by atoms with Crippen LogP contribution >= 0.6 is 0 Å². The molecule has 4 nitrogen and oxygen atoms in total. The Hall–Kier alpha value is -1.14. The van der Waals surface area contributed by atoms with Crippen molar-refractivity contribution in [3.05, 3.63) is 24.0 Å². The van der Waals surface area contributed by atoms with Crippen molar-refractivity contribution in [3.8, 4) is 0 Å². The summed E-state index contributed by atoms with van der Waals surface area (Å²) in [4.78, 5) is 0.0473. The second-order valence-corrected chi connectivity index (χ2v) is 5.97. The van der Waals surface area contributed by atoms with E-state index in [0.717, 1.165) is 12.1 Å². The van der Waals surface area contributed by atoms with Gasteiger partial charge in [-0.2, -0.15) is 0 Å². The lowest BCUT2D eigenvalue weighted by atomic mass is 10.2. The molecule has 6 heteroatoms. The lowest BCUT2D eigenvalue weighted by molar-refractivity contribution is 0.282. The van der Waals surface area contributed by atoms with Gasteiger partial charge in [-0.15, -0.1) is 0 Å². The normalized spacial score (nSPS) is 26.9. The molecule has 0 radical (unpaired) electrons. The van der Waals surface area contributed by atoms with Crippen LogP contribution in [0.2, 0.25) is 0 Å². The van der Waals surface area contributed by atoms with E-state index in [1.54, 1.807) is 6.92 Å². The lowest BCUT2D eigenvalue weighted by Crippen LogP contribution is -2.44. The first-order chi connectivity index (χ1) is 7.46. The molecule has 0 amide bonds. The molecule has 0 bridgehead atoms. The molecule has 1 aliphatic heterocycles. The molecule has 1 aromatic rings. The van der Waals surface area contributed by atoms with E-state index in [1.165, 1.54) is 6.07 Å². The summed E-state index contributed by atoms with van der Waals surface area (Å²) >= 11 is 0. The van der Waals surface area contributed by atoms with Gasteiger partial charge in [-0.1, -0.05) is 0 Å². The van der Waals surface area contributed by atoms with Crippen LogP contribution in [0.3, 0.4) is 0 Å². The fraction of sp³-hybridized carbons (Fsp3) is 0.400. The highest BCUT2D eigenvalue weighted by Crippen LogP contribution is 2.32. The summed E-state index contributed by atoms with van der Waals surface area (Å²) in [5.74, 6) is -0.490. The van der Waals surface area contributed by atoms with E-state index >= 15 is 0 Å². The van der Waals surface area contributed by atoms with Crippen LogP contribution in [0.1, 0.15) is 6.92 Å². The van der Waals surface area contributed by atoms with Gasteiger partial charge in [-0.25, -0.2) is 12.8 Å². The number of sulfone groups is 1. The van der Waals surface area contributed by atoms with Crippen LogP contribution in [0.15, 0.2) is 23.1 Å². The van der Waals surface area contributed by atoms with E-state index in [9.17, 15) is 12.8 Å². The Morgan fingerprint density at radius 3 is 2.81 bits per heavy atom. The van der Waals surface area contributed by atoms with Gasteiger partial charge in [0.15, 0.2) is 9.84 Å². The maximum absolute atomic E-state index is 13.0. The highest BCUT2D eigenvalue weighted by molar-refractivity contribution is 7.92. The van der Waals surface area contributed by atoms with Gasteiger partial charge in [0.1, 0.15) is 11.1 Å². The number of hydrogen-bond donors (Lipinski definition) is 2. The van der Waals surface area contributed by atoms with Crippen molar-refractivity contribution < 1.29 is 17.9 Å². The summed E-state index contributed by atoms with van der Waals surface area (Å²) in [6, 6.07) is 3.03. The van der Waals surface area contributed by atoms with Crippen LogP contribution in [0, 0.1) is 5.82 Å². The highest BCUT2D eigenvalue weighted by atomic mass is 32.2. The third-order valence-corrected chi connectivity index (χ3v) is 5.09. The average molecular weight is 245 g/mol. The summed E-state index contributed by atoms with van der Waals surface area (Å²) < 4.78 is 37.0. The Bertz CT molecular complexity index is 515. The number of halogens is 1. The van der Waals surface area contributed by atoms with Crippen molar-refractivity contribution >= 4 is 15.5 Å². The Morgan fingerprint density at radius 1 is 1.50 bits per heavy atom. The van der Waals surface area contributed by atoms with E-state index < -0.39 is 33.6 Å². The van der Waals surface area contributed by atoms with Crippen molar-refractivity contribution in [1.82, 2.24) is 0 Å². The first-order valence-electron chi connectivity index (χ1n) is 4.87. The summed E-state index contributed by atoms with van der Waals surface area (Å²) in [7, 11) is -3.58. The smallest absolute Gasteiger partial charge is 0.187 e. The van der Waals surface area contributed by atoms with Crippen molar-refractivity contribution in [2.75, 3.05) is 11.9 Å². The molecular weight excluding hydrogens is 233 g/mol. The SMILES string of the molecule is CC1Nc2cc(F)ccc2S(=O)(=O)C1CO. The predicted octanol–water partition coefficient (Wildman–Crippen LogP) is 0.774. The number of benzene rings is 1. The third-order valence-electron chi connectivity index (χ3n) is 2.77. The molecule has 2 N–H and O–H groups in total. The van der Waals surface area contributed by atoms with Crippen molar-refractivity contribution in [2.45, 2.75) is 23.1 Å². The van der Waals surface area contributed by atoms with Gasteiger partial charge in [-0.05, 0) is 25.1 Å². The average Bonchev–Trinajstić information content (AvgIpc) is 2.16. The molecule has 2 rings (SSSR count). The standard InChI is InChI=1S/C10H12FNO3S/c1-6-10(5-13)16(14,15)9-3-2-7(11)4-8(9)12-6/h2-4,6,10,12-13H,5H2,1H3. The number of nitrogens with one attached hydrogen (secondary N) is 1. The number of aliphatic hydroxyl groups excluding tert-OH is 1. The fourth-order valence-electron chi connectivity index (χ4n) is 1.89. The Labute approximate surface area is 93.0 Å². The molecule has 1 aromatic carbocycles. The molecule has 0 saturated heterocycles. The number of rotatable bonds is 1. The van der Waals surface area contributed by atoms with Crippen LogP contribution < -0.4 is 5.32 Å². The predicted molar refractivity (Wildman–Crippen MR) is 57.5 cm³/mol. The minimum Gasteiger partial charge on any atom is -0.395 e. The Morgan fingerprint density at radius 2 is 2.19 bits per heavy atom. The zero-order valence-electron chi connectivity index (χ0n) is 8.64. The summed E-state index contributed by atoms with van der Waals surface area (Å²) in [5.41, 5.74) is 0.261. The van der Waals surface area contributed by atoms with Crippen molar-refractivity contribution in [1.29, 1.82) is 0 Å². The summed E-state index contributed by atoms with van der Waals surface area (Å²) in [5, 5.41) is 11.1. The largest absolute Gasteiger partial charge is 0.395 e. The van der Waals surface area contributed by atoms with E-state index in [-0.39, 0.29) is 10.6 Å². The molecule has 0 spiro atoms. The van der Waals surface area contributed by atoms with Gasteiger partial charge in [0.25, 0.3) is 0 Å². The molecule has 2 atom stereocenters. The van der Waals surface area contributed by atoms with Gasteiger partial charge in [0.2, 0.25) is 0 Å². The maximum atomic E-state index is 13.0. The lowest BCUT2D eigenvalue weighted by Gasteiger charge is -2.30. The summed E-state index contributed by atoms with van der Waals surface area (Å²) in [6.45, 7) is 1.19. The molecule has 0 fully saturated rings. The Kier molecular flexibility index (Phi) is 2.63. The topological polar surface area (TPSA) is 66.4 Å². The molecule has 0 aliphatic carbocycles. The Balaban J connectivity index is 2.62. The quantitative estimate of drug-likeness (QED) is 0.717. The molecule has 0 saturated carbocycles. The number of fused-ring (bicyclic) bond motifs is 1. The monoisotopic (exact) mass is 245 g/mol. The van der Waals surface area contributed by atoms with Crippen LogP contribution in [0.4, 0.5) is 10.1 Å². The molecular formula is C10H12FNO3S. The molecule has 1 heterocycles. The van der Waals surface area contributed by atoms with Gasteiger partial charge in [0, 0.05) is 6.04 Å². The maximum Gasteiger partial charge on any atom is 0.187 e. The van der Waals surface area contributed by atoms with Gasteiger partial charge in [-0.3, -0.25) is 0 Å². The molecule has 88 valence electrons. The second-order valence-electron chi connectivity index (χ2n) is 3.84. The molecule has 16 heavy (non-hydrogen) atoms. The fourth-order valence-corrected chi connectivity index (χ4v) is 3.70. The van der Waals surface area contributed by atoms with E-state index in [1.807, 2.05) is 0 Å². The van der Waals surface area contributed by atoms with Gasteiger partial charge >= 0.3 is 0 Å². The molecule has 1 aliphatic rings. The number of anilines is 1. The van der Waals surface area contributed by atoms with E-state index in [0.29, 0.717) is 0 Å². The van der Waals surface area contributed by atoms with E-state index in [4.69, 9.17) is 5.11 Å². The third kappa shape index (κ3) is 1.58. The van der Waals surface area contributed by atoms with Crippen LogP contribution in [-0.4, -0.2) is 31.4 Å². The van der Waals surface area contributed by atoms with E-state index in [2.05, 4.69) is 5.32 Å². The number of aliphatic hydroxyl groups is 1. The second kappa shape index (κ2) is 3.71.